The fraction of sp³-hybridized carbons (Fsp3) is 0.667. The molecule has 0 fully saturated rings. The maximum absolute atomic E-state index is 4.30. The van der Waals surface area contributed by atoms with Crippen molar-refractivity contribution >= 4 is 35.9 Å². The summed E-state index contributed by atoms with van der Waals surface area (Å²) in [7, 11) is 0. The standard InChI is InChI=1S/C6H10N2S3/c1-2-5-7-6(11-8-5)10-4-3-9/h9H,2-4H2,1H3. The average molecular weight is 206 g/mol. The highest BCUT2D eigenvalue weighted by Gasteiger charge is 2.00. The van der Waals surface area contributed by atoms with Crippen LogP contribution in [0.15, 0.2) is 4.34 Å². The number of aromatic nitrogens is 2. The third-order valence-corrected chi connectivity index (χ3v) is 3.48. The summed E-state index contributed by atoms with van der Waals surface area (Å²) >= 11 is 7.32. The summed E-state index contributed by atoms with van der Waals surface area (Å²) in [5.41, 5.74) is 0. The Morgan fingerprint density at radius 3 is 3.00 bits per heavy atom. The van der Waals surface area contributed by atoms with Crippen LogP contribution in [-0.4, -0.2) is 20.9 Å². The van der Waals surface area contributed by atoms with Crippen LogP contribution >= 0.6 is 35.9 Å². The maximum atomic E-state index is 4.30. The zero-order valence-corrected chi connectivity index (χ0v) is 8.81. The molecule has 0 radical (unpaired) electrons. The van der Waals surface area contributed by atoms with Crippen LogP contribution in [0.4, 0.5) is 0 Å². The Balaban J connectivity index is 2.44. The van der Waals surface area contributed by atoms with Gasteiger partial charge in [-0.15, -0.1) is 0 Å². The summed E-state index contributed by atoms with van der Waals surface area (Å²) in [5.74, 6) is 2.87. The topological polar surface area (TPSA) is 25.8 Å². The molecule has 11 heavy (non-hydrogen) atoms. The van der Waals surface area contributed by atoms with Crippen molar-refractivity contribution in [1.82, 2.24) is 9.36 Å². The molecule has 0 bridgehead atoms. The second-order valence-corrected chi connectivity index (χ2v) is 4.44. The lowest BCUT2D eigenvalue weighted by Crippen LogP contribution is -1.82. The summed E-state index contributed by atoms with van der Waals surface area (Å²) in [5, 5.41) is 0. The average Bonchev–Trinajstić information content (AvgIpc) is 2.48. The van der Waals surface area contributed by atoms with Gasteiger partial charge < -0.3 is 0 Å². The summed E-state index contributed by atoms with van der Waals surface area (Å²) < 4.78 is 5.24. The van der Waals surface area contributed by atoms with Gasteiger partial charge in [0.2, 0.25) is 0 Å². The van der Waals surface area contributed by atoms with Crippen LogP contribution in [-0.2, 0) is 6.42 Å². The molecule has 62 valence electrons. The first-order valence-electron chi connectivity index (χ1n) is 3.43. The van der Waals surface area contributed by atoms with E-state index in [0.29, 0.717) is 0 Å². The molecule has 0 aliphatic carbocycles. The van der Waals surface area contributed by atoms with Crippen LogP contribution in [0.3, 0.4) is 0 Å². The number of thioether (sulfide) groups is 1. The molecule has 0 aliphatic rings. The lowest BCUT2D eigenvalue weighted by molar-refractivity contribution is 0.972. The number of hydrogen-bond donors (Lipinski definition) is 1. The molecule has 1 heterocycles. The molecule has 1 aromatic rings. The maximum Gasteiger partial charge on any atom is 0.170 e. The summed E-state index contributed by atoms with van der Waals surface area (Å²) in [6.07, 6.45) is 0.929. The second-order valence-electron chi connectivity index (χ2n) is 1.90. The van der Waals surface area contributed by atoms with Crippen LogP contribution in [0, 0.1) is 0 Å². The molecule has 0 aromatic carbocycles. The third-order valence-electron chi connectivity index (χ3n) is 1.08. The Morgan fingerprint density at radius 2 is 2.45 bits per heavy atom. The van der Waals surface area contributed by atoms with Gasteiger partial charge in [-0.05, 0) is 17.3 Å². The molecule has 1 rings (SSSR count). The predicted octanol–water partition coefficient (Wildman–Crippen LogP) is 2.12. The molecule has 5 heteroatoms. The number of hydrogen-bond acceptors (Lipinski definition) is 5. The van der Waals surface area contributed by atoms with Gasteiger partial charge in [-0.2, -0.15) is 17.0 Å². The minimum absolute atomic E-state index is 0.895. The lowest BCUT2D eigenvalue weighted by Gasteiger charge is -1.88. The number of aryl methyl sites for hydroxylation is 1. The van der Waals surface area contributed by atoms with E-state index in [2.05, 4.69) is 28.9 Å². The van der Waals surface area contributed by atoms with Crippen molar-refractivity contribution < 1.29 is 0 Å². The molecule has 0 unspecified atom stereocenters. The quantitative estimate of drug-likeness (QED) is 0.603. The van der Waals surface area contributed by atoms with Gasteiger partial charge in [0.25, 0.3) is 0 Å². The summed E-state index contributed by atoms with van der Waals surface area (Å²) in [4.78, 5) is 4.30. The molecule has 0 N–H and O–H groups in total. The van der Waals surface area contributed by atoms with E-state index in [1.165, 1.54) is 11.5 Å². The van der Waals surface area contributed by atoms with Crippen molar-refractivity contribution in [1.29, 1.82) is 0 Å². The largest absolute Gasteiger partial charge is 0.213 e. The molecule has 0 aliphatic heterocycles. The predicted molar refractivity (Wildman–Crippen MR) is 53.9 cm³/mol. The molecule has 1 aromatic heterocycles. The monoisotopic (exact) mass is 206 g/mol. The zero-order valence-electron chi connectivity index (χ0n) is 6.28. The van der Waals surface area contributed by atoms with Gasteiger partial charge in [0.15, 0.2) is 4.34 Å². The van der Waals surface area contributed by atoms with Crippen LogP contribution in [0.2, 0.25) is 0 Å². The Morgan fingerprint density at radius 1 is 1.64 bits per heavy atom. The molecular weight excluding hydrogens is 196 g/mol. The molecule has 0 spiro atoms. The molecule has 0 atom stereocenters. The second kappa shape index (κ2) is 5.00. The molecule has 0 amide bonds. The fourth-order valence-electron chi connectivity index (χ4n) is 0.573. The van der Waals surface area contributed by atoms with Gasteiger partial charge >= 0.3 is 0 Å². The van der Waals surface area contributed by atoms with E-state index in [1.54, 1.807) is 11.8 Å². The van der Waals surface area contributed by atoms with Crippen molar-refractivity contribution in [3.8, 4) is 0 Å². The minimum atomic E-state index is 0.895. The van der Waals surface area contributed by atoms with Crippen molar-refractivity contribution in [2.24, 2.45) is 0 Å². The van der Waals surface area contributed by atoms with E-state index in [-0.39, 0.29) is 0 Å². The first-order valence-corrected chi connectivity index (χ1v) is 5.82. The van der Waals surface area contributed by atoms with Gasteiger partial charge in [-0.3, -0.25) is 0 Å². The van der Waals surface area contributed by atoms with E-state index in [4.69, 9.17) is 0 Å². The summed E-state index contributed by atoms with van der Waals surface area (Å²) in [6, 6.07) is 0. The number of thiol groups is 1. The number of rotatable bonds is 4. The Labute approximate surface area is 80.4 Å². The molecule has 0 saturated carbocycles. The first kappa shape index (κ1) is 9.35. The number of nitrogens with zero attached hydrogens (tertiary/aromatic N) is 2. The first-order chi connectivity index (χ1) is 5.36. The van der Waals surface area contributed by atoms with E-state index in [1.807, 2.05) is 0 Å². The molecular formula is C6H10N2S3. The van der Waals surface area contributed by atoms with E-state index < -0.39 is 0 Å². The van der Waals surface area contributed by atoms with Gasteiger partial charge in [-0.1, -0.05) is 18.7 Å². The van der Waals surface area contributed by atoms with Gasteiger partial charge in [0.1, 0.15) is 5.82 Å². The zero-order chi connectivity index (χ0) is 8.10. The van der Waals surface area contributed by atoms with Crippen molar-refractivity contribution in [3.05, 3.63) is 5.82 Å². The van der Waals surface area contributed by atoms with E-state index in [9.17, 15) is 0 Å². The Hall–Kier alpha value is 0.260. The van der Waals surface area contributed by atoms with Crippen LogP contribution in [0.1, 0.15) is 12.7 Å². The smallest absolute Gasteiger partial charge is 0.170 e. The van der Waals surface area contributed by atoms with Gasteiger partial charge in [0, 0.05) is 12.2 Å². The highest BCUT2D eigenvalue weighted by atomic mass is 32.2. The highest BCUT2D eigenvalue weighted by molar-refractivity contribution is 8.01. The summed E-state index contributed by atoms with van der Waals surface area (Å²) in [6.45, 7) is 2.06. The Bertz CT molecular complexity index is 211. The highest BCUT2D eigenvalue weighted by Crippen LogP contribution is 2.19. The van der Waals surface area contributed by atoms with Crippen molar-refractivity contribution in [3.63, 3.8) is 0 Å². The van der Waals surface area contributed by atoms with Crippen molar-refractivity contribution in [2.75, 3.05) is 11.5 Å². The fourth-order valence-corrected chi connectivity index (χ4v) is 2.36. The van der Waals surface area contributed by atoms with E-state index in [0.717, 1.165) is 28.1 Å². The van der Waals surface area contributed by atoms with Gasteiger partial charge in [-0.25, -0.2) is 4.98 Å². The van der Waals surface area contributed by atoms with Crippen LogP contribution < -0.4 is 0 Å². The molecule has 2 nitrogen and oxygen atoms in total. The Kier molecular flexibility index (Phi) is 4.25. The normalized spacial score (nSPS) is 10.4. The lowest BCUT2D eigenvalue weighted by atomic mass is 10.5. The van der Waals surface area contributed by atoms with Crippen LogP contribution in [0.25, 0.3) is 0 Å². The molecule has 0 saturated heterocycles. The SMILES string of the molecule is CCc1nsc(SCCS)n1. The van der Waals surface area contributed by atoms with Crippen molar-refractivity contribution in [2.45, 2.75) is 17.7 Å². The minimum Gasteiger partial charge on any atom is -0.213 e. The van der Waals surface area contributed by atoms with Gasteiger partial charge in [0.05, 0.1) is 0 Å². The van der Waals surface area contributed by atoms with Crippen LogP contribution in [0.5, 0.6) is 0 Å². The third kappa shape index (κ3) is 3.01. The van der Waals surface area contributed by atoms with E-state index >= 15 is 0 Å².